The summed E-state index contributed by atoms with van der Waals surface area (Å²) in [5.74, 6) is -0.545. The van der Waals surface area contributed by atoms with Crippen molar-refractivity contribution in [1.82, 2.24) is 9.88 Å². The molecule has 3 rings (SSSR count). The number of carbonyl (C=O) groups is 2. The largest absolute Gasteiger partial charge is 0.477 e. The number of benzene rings is 1. The van der Waals surface area contributed by atoms with Gasteiger partial charge in [-0.3, -0.25) is 4.79 Å². The molecule has 0 bridgehead atoms. The molecular weight excluding hydrogens is 256 g/mol. The summed E-state index contributed by atoms with van der Waals surface area (Å²) in [5.41, 5.74) is 0.916. The second-order valence-electron chi connectivity index (χ2n) is 5.23. The van der Waals surface area contributed by atoms with Gasteiger partial charge in [0.25, 0.3) is 0 Å². The van der Waals surface area contributed by atoms with Crippen LogP contribution in [0.5, 0.6) is 0 Å². The van der Waals surface area contributed by atoms with Gasteiger partial charge < -0.3 is 15.0 Å². The Labute approximate surface area is 116 Å². The molecule has 0 radical (unpaired) electrons. The van der Waals surface area contributed by atoms with Crippen LogP contribution in [0.2, 0.25) is 0 Å². The van der Waals surface area contributed by atoms with E-state index < -0.39 is 5.97 Å². The van der Waals surface area contributed by atoms with Crippen LogP contribution >= 0.6 is 0 Å². The maximum atomic E-state index is 11.9. The number of nitrogens with zero attached hydrogens (tertiary/aromatic N) is 1. The van der Waals surface area contributed by atoms with Gasteiger partial charge in [-0.15, -0.1) is 0 Å². The molecule has 0 atom stereocenters. The van der Waals surface area contributed by atoms with E-state index in [1.807, 2.05) is 24.3 Å². The Kier molecular flexibility index (Phi) is 3.18. The predicted molar refractivity (Wildman–Crippen MR) is 74.6 cm³/mol. The third-order valence-electron chi connectivity index (χ3n) is 3.62. The average Bonchev–Trinajstić information content (AvgIpc) is 3.19. The molecule has 1 aromatic heterocycles. The van der Waals surface area contributed by atoms with Crippen molar-refractivity contribution < 1.29 is 14.7 Å². The Hall–Kier alpha value is -2.30. The molecule has 1 aromatic carbocycles. The number of carbonyl (C=O) groups excluding carboxylic acids is 1. The quantitative estimate of drug-likeness (QED) is 0.872. The lowest BCUT2D eigenvalue weighted by molar-refractivity contribution is -0.121. The zero-order chi connectivity index (χ0) is 14.1. The van der Waals surface area contributed by atoms with Crippen LogP contribution < -0.4 is 5.32 Å². The standard InChI is InChI=1S/C15H16N2O3/c18-14(16-8-10-5-6-10)9-17-12-4-2-1-3-11(12)7-13(17)15(19)20/h1-4,7,10H,5-6,8-9H2,(H,16,18)(H,19,20). The Balaban J connectivity index is 1.85. The first-order chi connectivity index (χ1) is 9.65. The molecule has 1 aliphatic rings. The Bertz CT molecular complexity index is 671. The highest BCUT2D eigenvalue weighted by Crippen LogP contribution is 2.27. The summed E-state index contributed by atoms with van der Waals surface area (Å²) in [6, 6.07) is 8.97. The van der Waals surface area contributed by atoms with Gasteiger partial charge in [0.05, 0.1) is 0 Å². The average molecular weight is 272 g/mol. The normalized spacial score (nSPS) is 14.4. The SMILES string of the molecule is O=C(Cn1c(C(=O)O)cc2ccccc21)NCC1CC1. The number of amides is 1. The van der Waals surface area contributed by atoms with Gasteiger partial charge in [-0.1, -0.05) is 18.2 Å². The van der Waals surface area contributed by atoms with Crippen LogP contribution in [0.1, 0.15) is 23.3 Å². The third kappa shape index (κ3) is 2.52. The van der Waals surface area contributed by atoms with Gasteiger partial charge in [-0.2, -0.15) is 0 Å². The van der Waals surface area contributed by atoms with Crippen molar-refractivity contribution in [2.24, 2.45) is 5.92 Å². The molecule has 0 unspecified atom stereocenters. The molecule has 1 aliphatic carbocycles. The van der Waals surface area contributed by atoms with Gasteiger partial charge in [0.1, 0.15) is 12.2 Å². The third-order valence-corrected chi connectivity index (χ3v) is 3.62. The summed E-state index contributed by atoms with van der Waals surface area (Å²) in [4.78, 5) is 23.2. The number of carboxylic acids is 1. The summed E-state index contributed by atoms with van der Waals surface area (Å²) >= 11 is 0. The molecule has 5 nitrogen and oxygen atoms in total. The zero-order valence-electron chi connectivity index (χ0n) is 11.0. The maximum Gasteiger partial charge on any atom is 0.352 e. The summed E-state index contributed by atoms with van der Waals surface area (Å²) in [6.07, 6.45) is 2.35. The predicted octanol–water partition coefficient (Wildman–Crippen LogP) is 1.87. The van der Waals surface area contributed by atoms with Crippen LogP contribution in [0.4, 0.5) is 0 Å². The van der Waals surface area contributed by atoms with Crippen LogP contribution in [0.3, 0.4) is 0 Å². The van der Waals surface area contributed by atoms with E-state index in [2.05, 4.69) is 5.32 Å². The molecule has 0 saturated heterocycles. The van der Waals surface area contributed by atoms with Crippen molar-refractivity contribution >= 4 is 22.8 Å². The van der Waals surface area contributed by atoms with Crippen LogP contribution in [-0.4, -0.2) is 28.1 Å². The van der Waals surface area contributed by atoms with Gasteiger partial charge >= 0.3 is 5.97 Å². The summed E-state index contributed by atoms with van der Waals surface area (Å²) in [6.45, 7) is 0.738. The molecular formula is C15H16N2O3. The number of rotatable bonds is 5. The number of aromatic carboxylic acids is 1. The molecule has 1 heterocycles. The fourth-order valence-electron chi connectivity index (χ4n) is 2.34. The Morgan fingerprint density at radius 2 is 2.05 bits per heavy atom. The van der Waals surface area contributed by atoms with E-state index in [1.54, 1.807) is 10.6 Å². The summed E-state index contributed by atoms with van der Waals surface area (Å²) in [5, 5.41) is 12.9. The first kappa shape index (κ1) is 12.7. The molecule has 1 amide bonds. The van der Waals surface area contributed by atoms with Crippen molar-refractivity contribution in [3.8, 4) is 0 Å². The number of fused-ring (bicyclic) bond motifs is 1. The Morgan fingerprint density at radius 3 is 2.75 bits per heavy atom. The number of hydrogen-bond donors (Lipinski definition) is 2. The fourth-order valence-corrected chi connectivity index (χ4v) is 2.34. The van der Waals surface area contributed by atoms with E-state index in [9.17, 15) is 14.7 Å². The lowest BCUT2D eigenvalue weighted by Crippen LogP contribution is -2.30. The number of aromatic nitrogens is 1. The second-order valence-corrected chi connectivity index (χ2v) is 5.23. The lowest BCUT2D eigenvalue weighted by atomic mass is 10.2. The molecule has 104 valence electrons. The molecule has 1 saturated carbocycles. The van der Waals surface area contributed by atoms with Gasteiger partial charge in [0, 0.05) is 17.4 Å². The smallest absolute Gasteiger partial charge is 0.352 e. The minimum Gasteiger partial charge on any atom is -0.477 e. The van der Waals surface area contributed by atoms with Crippen LogP contribution in [0.25, 0.3) is 10.9 Å². The minimum atomic E-state index is -1.02. The number of hydrogen-bond acceptors (Lipinski definition) is 2. The lowest BCUT2D eigenvalue weighted by Gasteiger charge is -2.09. The zero-order valence-corrected chi connectivity index (χ0v) is 11.0. The van der Waals surface area contributed by atoms with Crippen molar-refractivity contribution in [3.05, 3.63) is 36.0 Å². The fraction of sp³-hybridized carbons (Fsp3) is 0.333. The monoisotopic (exact) mass is 272 g/mol. The van der Waals surface area contributed by atoms with Crippen LogP contribution in [0, 0.1) is 5.92 Å². The van der Waals surface area contributed by atoms with Gasteiger partial charge in [-0.25, -0.2) is 4.79 Å². The molecule has 2 aromatic rings. The van der Waals surface area contributed by atoms with Crippen LogP contribution in [-0.2, 0) is 11.3 Å². The molecule has 1 fully saturated rings. The highest BCUT2D eigenvalue weighted by Gasteiger charge is 2.22. The number of carboxylic acid groups (broad SMARTS) is 1. The van der Waals surface area contributed by atoms with E-state index in [-0.39, 0.29) is 18.1 Å². The molecule has 2 N–H and O–H groups in total. The minimum absolute atomic E-state index is 0.0435. The van der Waals surface area contributed by atoms with Crippen molar-refractivity contribution in [1.29, 1.82) is 0 Å². The van der Waals surface area contributed by atoms with E-state index >= 15 is 0 Å². The van der Waals surface area contributed by atoms with Gasteiger partial charge in [0.15, 0.2) is 0 Å². The van der Waals surface area contributed by atoms with Gasteiger partial charge in [-0.05, 0) is 30.9 Å². The van der Waals surface area contributed by atoms with Crippen molar-refractivity contribution in [3.63, 3.8) is 0 Å². The maximum absolute atomic E-state index is 11.9. The Morgan fingerprint density at radius 1 is 1.30 bits per heavy atom. The molecule has 0 aliphatic heterocycles. The molecule has 20 heavy (non-hydrogen) atoms. The van der Waals surface area contributed by atoms with Crippen LogP contribution in [0.15, 0.2) is 30.3 Å². The number of para-hydroxylation sites is 1. The van der Waals surface area contributed by atoms with E-state index in [0.717, 1.165) is 10.9 Å². The topological polar surface area (TPSA) is 71.3 Å². The van der Waals surface area contributed by atoms with Gasteiger partial charge in [0.2, 0.25) is 5.91 Å². The highest BCUT2D eigenvalue weighted by atomic mass is 16.4. The summed E-state index contributed by atoms with van der Waals surface area (Å²) in [7, 11) is 0. The first-order valence-electron chi connectivity index (χ1n) is 6.73. The molecule has 0 spiro atoms. The summed E-state index contributed by atoms with van der Waals surface area (Å²) < 4.78 is 1.56. The van der Waals surface area contributed by atoms with Crippen molar-refractivity contribution in [2.75, 3.05) is 6.54 Å². The second kappa shape index (κ2) is 5.00. The number of nitrogens with one attached hydrogen (secondary N) is 1. The van der Waals surface area contributed by atoms with E-state index in [1.165, 1.54) is 12.8 Å². The molecule has 5 heteroatoms. The van der Waals surface area contributed by atoms with Crippen molar-refractivity contribution in [2.45, 2.75) is 19.4 Å². The first-order valence-corrected chi connectivity index (χ1v) is 6.73. The van der Waals surface area contributed by atoms with E-state index in [0.29, 0.717) is 12.5 Å². The highest BCUT2D eigenvalue weighted by molar-refractivity contribution is 5.95. The van der Waals surface area contributed by atoms with E-state index in [4.69, 9.17) is 0 Å².